The van der Waals surface area contributed by atoms with E-state index >= 15 is 0 Å². The largest absolute Gasteiger partial charge is 0.461 e. The summed E-state index contributed by atoms with van der Waals surface area (Å²) in [4.78, 5) is 42.7. The summed E-state index contributed by atoms with van der Waals surface area (Å²) in [5.41, 5.74) is 4.24. The van der Waals surface area contributed by atoms with Gasteiger partial charge in [-0.2, -0.15) is 0 Å². The average Bonchev–Trinajstić information content (AvgIpc) is 2.96. The molecule has 0 saturated heterocycles. The van der Waals surface area contributed by atoms with Crippen LogP contribution in [-0.2, 0) is 32.8 Å². The van der Waals surface area contributed by atoms with Gasteiger partial charge in [0, 0.05) is 30.0 Å². The second-order valence-electron chi connectivity index (χ2n) is 9.18. The van der Waals surface area contributed by atoms with E-state index in [4.69, 9.17) is 4.74 Å². The fourth-order valence-corrected chi connectivity index (χ4v) is 5.36. The molecule has 172 valence electrons. The van der Waals surface area contributed by atoms with Gasteiger partial charge >= 0.3 is 5.97 Å². The molecule has 1 saturated carbocycles. The number of amides is 1. The molecule has 1 aliphatic heterocycles. The Bertz CT molecular complexity index is 1270. The molecule has 6 heteroatoms. The third-order valence-corrected chi connectivity index (χ3v) is 7.12. The minimum absolute atomic E-state index is 0.0858. The molecular formula is C28H26N2O4. The normalized spacial score (nSPS) is 21.6. The molecule has 1 N–H and O–H groups in total. The van der Waals surface area contributed by atoms with Crippen LogP contribution in [0.3, 0.4) is 0 Å². The first-order valence-corrected chi connectivity index (χ1v) is 11.5. The van der Waals surface area contributed by atoms with Crippen molar-refractivity contribution >= 4 is 23.3 Å². The number of aromatic nitrogens is 1. The third-order valence-electron chi connectivity index (χ3n) is 7.12. The molecule has 3 aromatic rings. The number of hydrogen-bond donors (Lipinski definition) is 1. The zero-order valence-corrected chi connectivity index (χ0v) is 19.0. The van der Waals surface area contributed by atoms with E-state index in [1.807, 2.05) is 43.3 Å². The molecule has 2 heterocycles. The van der Waals surface area contributed by atoms with Crippen LogP contribution in [0.1, 0.15) is 52.0 Å². The maximum absolute atomic E-state index is 13.1. The lowest BCUT2D eigenvalue weighted by Gasteiger charge is -2.42. The van der Waals surface area contributed by atoms with Gasteiger partial charge in [0.2, 0.25) is 0 Å². The van der Waals surface area contributed by atoms with Gasteiger partial charge in [-0.1, -0.05) is 36.4 Å². The number of Topliss-reactive ketones (excluding diaryl/α,β-unsaturated/α-hetero) is 1. The van der Waals surface area contributed by atoms with E-state index < -0.39 is 11.3 Å². The van der Waals surface area contributed by atoms with Crippen LogP contribution in [0.25, 0.3) is 0 Å². The Kier molecular flexibility index (Phi) is 5.74. The molecule has 0 unspecified atom stereocenters. The fraction of sp³-hybridized carbons (Fsp3) is 0.286. The Morgan fingerprint density at radius 2 is 1.94 bits per heavy atom. The number of carbonyl (C=O) groups excluding carboxylic acids is 3. The Balaban J connectivity index is 1.55. The van der Waals surface area contributed by atoms with Crippen LogP contribution in [0.2, 0.25) is 0 Å². The van der Waals surface area contributed by atoms with Crippen molar-refractivity contribution in [3.05, 3.63) is 94.8 Å². The van der Waals surface area contributed by atoms with Gasteiger partial charge in [-0.25, -0.2) is 0 Å². The third kappa shape index (κ3) is 4.00. The highest BCUT2D eigenvalue weighted by Gasteiger charge is 2.51. The molecule has 0 radical (unpaired) electrons. The molecule has 0 spiro atoms. The quantitative estimate of drug-likeness (QED) is 0.585. The summed E-state index contributed by atoms with van der Waals surface area (Å²) in [5.74, 6) is -1.02. The molecule has 2 atom stereocenters. The molecule has 1 aromatic heterocycles. The second kappa shape index (κ2) is 8.86. The summed E-state index contributed by atoms with van der Waals surface area (Å²) in [6, 6.07) is 19.2. The molecule has 2 aromatic carbocycles. The van der Waals surface area contributed by atoms with Crippen molar-refractivity contribution in [1.29, 1.82) is 0 Å². The number of fused-ring (bicyclic) bond motifs is 3. The van der Waals surface area contributed by atoms with E-state index in [2.05, 4.69) is 22.4 Å². The number of benzene rings is 2. The number of nitrogens with one attached hydrogen (secondary N) is 1. The van der Waals surface area contributed by atoms with Crippen LogP contribution in [-0.4, -0.2) is 22.6 Å². The maximum atomic E-state index is 13.1. The SMILES string of the molecule is Cc1ncccc1NC(=O)c1ccc2c(c1)COC(=O)[C@H]1CC(=O)CC[C@@]21Cc1ccccc1. The number of cyclic esters (lactones) is 1. The van der Waals surface area contributed by atoms with Gasteiger partial charge in [-0.15, -0.1) is 0 Å². The zero-order chi connectivity index (χ0) is 23.7. The van der Waals surface area contributed by atoms with Crippen LogP contribution in [0.4, 0.5) is 5.69 Å². The number of anilines is 1. The predicted octanol–water partition coefficient (Wildman–Crippen LogP) is 4.55. The number of carbonyl (C=O) groups is 3. The number of pyridine rings is 1. The van der Waals surface area contributed by atoms with Crippen molar-refractivity contribution in [2.24, 2.45) is 5.92 Å². The Hall–Kier alpha value is -3.80. The van der Waals surface area contributed by atoms with E-state index in [9.17, 15) is 14.4 Å². The van der Waals surface area contributed by atoms with E-state index in [0.717, 1.165) is 22.4 Å². The van der Waals surface area contributed by atoms with Gasteiger partial charge in [0.15, 0.2) is 0 Å². The molecule has 0 bridgehead atoms. The molecule has 6 nitrogen and oxygen atoms in total. The Labute approximate surface area is 198 Å². The number of ketones is 1. The van der Waals surface area contributed by atoms with E-state index in [-0.39, 0.29) is 30.7 Å². The highest BCUT2D eigenvalue weighted by Crippen LogP contribution is 2.49. The lowest BCUT2D eigenvalue weighted by molar-refractivity contribution is -0.155. The fourth-order valence-electron chi connectivity index (χ4n) is 5.36. The molecule has 1 aliphatic carbocycles. The predicted molar refractivity (Wildman–Crippen MR) is 127 cm³/mol. The van der Waals surface area contributed by atoms with E-state index in [1.54, 1.807) is 18.3 Å². The molecule has 1 fully saturated rings. The van der Waals surface area contributed by atoms with Crippen molar-refractivity contribution in [2.75, 3.05) is 5.32 Å². The summed E-state index contributed by atoms with van der Waals surface area (Å²) in [6.45, 7) is 1.92. The summed E-state index contributed by atoms with van der Waals surface area (Å²) >= 11 is 0. The number of hydrogen-bond acceptors (Lipinski definition) is 5. The summed E-state index contributed by atoms with van der Waals surface area (Å²) < 4.78 is 5.65. The summed E-state index contributed by atoms with van der Waals surface area (Å²) in [5, 5.41) is 2.92. The molecule has 34 heavy (non-hydrogen) atoms. The van der Waals surface area contributed by atoms with Crippen LogP contribution in [0.5, 0.6) is 0 Å². The highest BCUT2D eigenvalue weighted by atomic mass is 16.5. The number of aryl methyl sites for hydroxylation is 1. The smallest absolute Gasteiger partial charge is 0.310 e. The molecule has 1 amide bonds. The number of rotatable bonds is 4. The Morgan fingerprint density at radius 3 is 2.74 bits per heavy atom. The van der Waals surface area contributed by atoms with Crippen molar-refractivity contribution in [3.63, 3.8) is 0 Å². The van der Waals surface area contributed by atoms with Gasteiger partial charge in [0.25, 0.3) is 5.91 Å². The van der Waals surface area contributed by atoms with Crippen LogP contribution < -0.4 is 5.32 Å². The summed E-state index contributed by atoms with van der Waals surface area (Å²) in [6.07, 6.45) is 3.51. The van der Waals surface area contributed by atoms with Crippen molar-refractivity contribution in [1.82, 2.24) is 4.98 Å². The first-order chi connectivity index (χ1) is 16.5. The van der Waals surface area contributed by atoms with E-state index in [1.165, 1.54) is 0 Å². The van der Waals surface area contributed by atoms with Crippen LogP contribution in [0, 0.1) is 12.8 Å². The lowest BCUT2D eigenvalue weighted by Crippen LogP contribution is -2.46. The monoisotopic (exact) mass is 454 g/mol. The van der Waals surface area contributed by atoms with Gasteiger partial charge in [0.1, 0.15) is 12.4 Å². The molecule has 5 rings (SSSR count). The number of ether oxygens (including phenoxy) is 1. The standard InChI is InChI=1S/C28H26N2O4/c1-18-25(8-5-13-29-18)30-26(32)20-9-10-23-21(14-20)17-34-27(33)24-15-22(31)11-12-28(23,24)16-19-6-3-2-4-7-19/h2-10,13-14,24H,11-12,15-17H2,1H3,(H,30,32)/t24-,28-/m1/s1. The maximum Gasteiger partial charge on any atom is 0.310 e. The van der Waals surface area contributed by atoms with Gasteiger partial charge < -0.3 is 10.1 Å². The number of nitrogens with zero attached hydrogens (tertiary/aromatic N) is 1. The summed E-state index contributed by atoms with van der Waals surface area (Å²) in [7, 11) is 0. The minimum Gasteiger partial charge on any atom is -0.461 e. The lowest BCUT2D eigenvalue weighted by atomic mass is 9.59. The average molecular weight is 455 g/mol. The van der Waals surface area contributed by atoms with Crippen LogP contribution in [0.15, 0.2) is 66.9 Å². The second-order valence-corrected chi connectivity index (χ2v) is 9.18. The number of esters is 1. The van der Waals surface area contributed by atoms with Crippen molar-refractivity contribution in [3.8, 4) is 0 Å². The van der Waals surface area contributed by atoms with Gasteiger partial charge in [-0.3, -0.25) is 19.4 Å². The molecular weight excluding hydrogens is 428 g/mol. The van der Waals surface area contributed by atoms with Gasteiger partial charge in [0.05, 0.1) is 17.3 Å². The first kappa shape index (κ1) is 22.0. The van der Waals surface area contributed by atoms with Crippen molar-refractivity contribution < 1.29 is 19.1 Å². The Morgan fingerprint density at radius 1 is 1.12 bits per heavy atom. The minimum atomic E-state index is -0.548. The van der Waals surface area contributed by atoms with Gasteiger partial charge in [-0.05, 0) is 60.7 Å². The zero-order valence-electron chi connectivity index (χ0n) is 19.0. The molecule has 2 aliphatic rings. The highest BCUT2D eigenvalue weighted by molar-refractivity contribution is 6.04. The van der Waals surface area contributed by atoms with Crippen molar-refractivity contribution in [2.45, 2.75) is 44.6 Å². The first-order valence-electron chi connectivity index (χ1n) is 11.5. The van der Waals surface area contributed by atoms with Crippen LogP contribution >= 0.6 is 0 Å². The van der Waals surface area contributed by atoms with E-state index in [0.29, 0.717) is 30.5 Å². The topological polar surface area (TPSA) is 85.4 Å².